The van der Waals surface area contributed by atoms with Gasteiger partial charge in [0.1, 0.15) is 17.5 Å². The summed E-state index contributed by atoms with van der Waals surface area (Å²) in [7, 11) is 1.53. The molecule has 0 amide bonds. The lowest BCUT2D eigenvalue weighted by molar-refractivity contribution is 0.0975. The first kappa shape index (κ1) is 15.2. The highest BCUT2D eigenvalue weighted by Crippen LogP contribution is 2.26. The van der Waals surface area contributed by atoms with E-state index < -0.39 is 17.5 Å². The number of benzene rings is 2. The van der Waals surface area contributed by atoms with Crippen LogP contribution in [0.15, 0.2) is 46.9 Å². The standard InChI is InChI=1S/C16H11BrFNO2/c1-21-11-7-5-10(6-8-11)13(9-19)16(20)12-3-2-4-14(17)15(12)18/h2-8,13H,1H3. The van der Waals surface area contributed by atoms with Gasteiger partial charge in [-0.15, -0.1) is 0 Å². The van der Waals surface area contributed by atoms with Gasteiger partial charge >= 0.3 is 0 Å². The smallest absolute Gasteiger partial charge is 0.187 e. The van der Waals surface area contributed by atoms with Crippen molar-refractivity contribution in [1.82, 2.24) is 0 Å². The minimum Gasteiger partial charge on any atom is -0.497 e. The fourth-order valence-corrected chi connectivity index (χ4v) is 2.30. The van der Waals surface area contributed by atoms with Gasteiger partial charge in [0.25, 0.3) is 0 Å². The number of nitriles is 1. The third-order valence-corrected chi connectivity index (χ3v) is 3.67. The Morgan fingerprint density at radius 3 is 2.52 bits per heavy atom. The number of nitrogens with zero attached hydrogens (tertiary/aromatic N) is 1. The molecule has 0 heterocycles. The van der Waals surface area contributed by atoms with Crippen molar-refractivity contribution in [1.29, 1.82) is 5.26 Å². The van der Waals surface area contributed by atoms with E-state index in [0.717, 1.165) is 0 Å². The molecule has 0 fully saturated rings. The summed E-state index contributed by atoms with van der Waals surface area (Å²) in [5, 5.41) is 9.26. The topological polar surface area (TPSA) is 50.1 Å². The number of Topliss-reactive ketones (excluding diaryl/α,β-unsaturated/α-hetero) is 1. The van der Waals surface area contributed by atoms with Crippen LogP contribution in [0.3, 0.4) is 0 Å². The van der Waals surface area contributed by atoms with Crippen LogP contribution in [0.4, 0.5) is 4.39 Å². The third kappa shape index (κ3) is 3.11. The largest absolute Gasteiger partial charge is 0.497 e. The van der Waals surface area contributed by atoms with Gasteiger partial charge in [-0.2, -0.15) is 5.26 Å². The molecule has 0 saturated carbocycles. The summed E-state index contributed by atoms with van der Waals surface area (Å²) in [5.74, 6) is -1.66. The van der Waals surface area contributed by atoms with Crippen LogP contribution in [0.25, 0.3) is 0 Å². The van der Waals surface area contributed by atoms with E-state index in [0.29, 0.717) is 11.3 Å². The number of ether oxygens (including phenoxy) is 1. The van der Waals surface area contributed by atoms with Crippen molar-refractivity contribution < 1.29 is 13.9 Å². The van der Waals surface area contributed by atoms with Crippen LogP contribution >= 0.6 is 15.9 Å². The predicted molar refractivity (Wildman–Crippen MR) is 79.8 cm³/mol. The van der Waals surface area contributed by atoms with Crippen molar-refractivity contribution >= 4 is 21.7 Å². The van der Waals surface area contributed by atoms with Crippen molar-refractivity contribution in [3.05, 3.63) is 63.9 Å². The van der Waals surface area contributed by atoms with Crippen molar-refractivity contribution in [2.24, 2.45) is 0 Å². The maximum atomic E-state index is 14.0. The molecule has 0 spiro atoms. The van der Waals surface area contributed by atoms with E-state index >= 15 is 0 Å². The Hall–Kier alpha value is -2.19. The molecule has 0 bridgehead atoms. The average Bonchev–Trinajstić information content (AvgIpc) is 2.51. The summed E-state index contributed by atoms with van der Waals surface area (Å²) >= 11 is 3.03. The van der Waals surface area contributed by atoms with Gasteiger partial charge in [0, 0.05) is 0 Å². The lowest BCUT2D eigenvalue weighted by Gasteiger charge is -2.10. The lowest BCUT2D eigenvalue weighted by atomic mass is 9.91. The second kappa shape index (κ2) is 6.51. The van der Waals surface area contributed by atoms with Crippen molar-refractivity contribution in [2.45, 2.75) is 5.92 Å². The Balaban J connectivity index is 2.39. The van der Waals surface area contributed by atoms with E-state index in [1.807, 2.05) is 6.07 Å². The second-order valence-corrected chi connectivity index (χ2v) is 5.16. The second-order valence-electron chi connectivity index (χ2n) is 4.30. The summed E-state index contributed by atoms with van der Waals surface area (Å²) in [4.78, 5) is 12.4. The van der Waals surface area contributed by atoms with Gasteiger partial charge < -0.3 is 4.74 Å². The molecule has 0 aliphatic rings. The van der Waals surface area contributed by atoms with Crippen molar-refractivity contribution in [3.63, 3.8) is 0 Å². The molecule has 0 saturated heterocycles. The fraction of sp³-hybridized carbons (Fsp3) is 0.125. The Morgan fingerprint density at radius 2 is 1.95 bits per heavy atom. The Morgan fingerprint density at radius 1 is 1.29 bits per heavy atom. The van der Waals surface area contributed by atoms with Gasteiger partial charge in [-0.1, -0.05) is 18.2 Å². The molecule has 3 nitrogen and oxygen atoms in total. The van der Waals surface area contributed by atoms with Crippen LogP contribution in [0, 0.1) is 17.1 Å². The molecule has 1 unspecified atom stereocenters. The molecule has 21 heavy (non-hydrogen) atoms. The lowest BCUT2D eigenvalue weighted by Crippen LogP contribution is -2.13. The summed E-state index contributed by atoms with van der Waals surface area (Å²) < 4.78 is 19.2. The van der Waals surface area contributed by atoms with Crippen molar-refractivity contribution in [3.8, 4) is 11.8 Å². The minimum atomic E-state index is -1.06. The summed E-state index contributed by atoms with van der Waals surface area (Å²) in [6.07, 6.45) is 0. The van der Waals surface area contributed by atoms with E-state index in [-0.39, 0.29) is 10.0 Å². The van der Waals surface area contributed by atoms with Gasteiger partial charge in [-0.05, 0) is 45.8 Å². The number of carbonyl (C=O) groups excluding carboxylic acids is 1. The van der Waals surface area contributed by atoms with E-state index in [1.165, 1.54) is 19.2 Å². The molecule has 2 aromatic carbocycles. The van der Waals surface area contributed by atoms with E-state index in [4.69, 9.17) is 4.74 Å². The molecule has 2 rings (SSSR count). The molecular weight excluding hydrogens is 337 g/mol. The molecule has 1 atom stereocenters. The molecule has 106 valence electrons. The number of methoxy groups -OCH3 is 1. The fourth-order valence-electron chi connectivity index (χ4n) is 1.93. The van der Waals surface area contributed by atoms with Gasteiger partial charge in [0.05, 0.1) is 23.2 Å². The first-order valence-corrected chi connectivity index (χ1v) is 6.89. The zero-order valence-electron chi connectivity index (χ0n) is 11.1. The highest BCUT2D eigenvalue weighted by atomic mass is 79.9. The van der Waals surface area contributed by atoms with Gasteiger partial charge in [-0.25, -0.2) is 4.39 Å². The van der Waals surface area contributed by atoms with E-state index in [2.05, 4.69) is 15.9 Å². The molecule has 0 N–H and O–H groups in total. The number of halogens is 2. The van der Waals surface area contributed by atoms with Crippen LogP contribution < -0.4 is 4.74 Å². The summed E-state index contributed by atoms with van der Waals surface area (Å²) in [5.41, 5.74) is 0.398. The molecule has 0 aromatic heterocycles. The number of rotatable bonds is 4. The molecule has 5 heteroatoms. The molecule has 2 aromatic rings. The Labute approximate surface area is 130 Å². The maximum absolute atomic E-state index is 14.0. The first-order valence-electron chi connectivity index (χ1n) is 6.10. The average molecular weight is 348 g/mol. The zero-order chi connectivity index (χ0) is 15.4. The zero-order valence-corrected chi connectivity index (χ0v) is 12.7. The highest BCUT2D eigenvalue weighted by Gasteiger charge is 2.25. The molecule has 0 radical (unpaired) electrons. The first-order chi connectivity index (χ1) is 10.1. The monoisotopic (exact) mass is 347 g/mol. The highest BCUT2D eigenvalue weighted by molar-refractivity contribution is 9.10. The third-order valence-electron chi connectivity index (χ3n) is 3.06. The molecule has 0 aliphatic carbocycles. The number of hydrogen-bond acceptors (Lipinski definition) is 3. The van der Waals surface area contributed by atoms with E-state index in [9.17, 15) is 14.4 Å². The van der Waals surface area contributed by atoms with Gasteiger partial charge in [0.2, 0.25) is 0 Å². The Bertz CT molecular complexity index is 707. The van der Waals surface area contributed by atoms with Crippen molar-refractivity contribution in [2.75, 3.05) is 7.11 Å². The van der Waals surface area contributed by atoms with Crippen LogP contribution in [0.1, 0.15) is 21.8 Å². The van der Waals surface area contributed by atoms with Crippen LogP contribution in [-0.4, -0.2) is 12.9 Å². The number of carbonyl (C=O) groups is 1. The van der Waals surface area contributed by atoms with Gasteiger partial charge in [-0.3, -0.25) is 4.79 Å². The normalized spacial score (nSPS) is 11.5. The van der Waals surface area contributed by atoms with Crippen LogP contribution in [-0.2, 0) is 0 Å². The van der Waals surface area contributed by atoms with Crippen LogP contribution in [0.5, 0.6) is 5.75 Å². The quantitative estimate of drug-likeness (QED) is 0.782. The SMILES string of the molecule is COc1ccc(C(C#N)C(=O)c2cccc(Br)c2F)cc1. The number of ketones is 1. The summed E-state index contributed by atoms with van der Waals surface area (Å²) in [6.45, 7) is 0. The summed E-state index contributed by atoms with van der Waals surface area (Å²) in [6, 6.07) is 12.9. The van der Waals surface area contributed by atoms with Gasteiger partial charge in [0.15, 0.2) is 5.78 Å². The number of hydrogen-bond donors (Lipinski definition) is 0. The molecule has 0 aliphatic heterocycles. The van der Waals surface area contributed by atoms with Crippen LogP contribution in [0.2, 0.25) is 0 Å². The minimum absolute atomic E-state index is 0.105. The maximum Gasteiger partial charge on any atom is 0.187 e. The molecular formula is C16H11BrFNO2. The predicted octanol–water partition coefficient (Wildman–Crippen LogP) is 4.09. The van der Waals surface area contributed by atoms with E-state index in [1.54, 1.807) is 30.3 Å². The Kier molecular flexibility index (Phi) is 4.71.